The molecule has 0 saturated heterocycles. The van der Waals surface area contributed by atoms with Crippen molar-refractivity contribution >= 4 is 35.6 Å². The third-order valence-electron chi connectivity index (χ3n) is 4.35. The van der Waals surface area contributed by atoms with Crippen molar-refractivity contribution in [1.82, 2.24) is 16.0 Å². The number of aliphatic imine (C=N–C) groups is 1. The summed E-state index contributed by atoms with van der Waals surface area (Å²) in [7, 11) is 0. The molecule has 15 nitrogen and oxygen atoms in total. The van der Waals surface area contributed by atoms with Gasteiger partial charge in [-0.1, -0.05) is 6.42 Å². The second-order valence-corrected chi connectivity index (χ2v) is 7.25. The van der Waals surface area contributed by atoms with E-state index in [2.05, 4.69) is 20.9 Å². The Morgan fingerprint density at radius 1 is 0.879 bits per heavy atom. The zero-order chi connectivity index (χ0) is 25.4. The van der Waals surface area contributed by atoms with E-state index >= 15 is 0 Å². The van der Waals surface area contributed by atoms with Crippen molar-refractivity contribution in [3.63, 3.8) is 0 Å². The smallest absolute Gasteiger partial charge is 0.326 e. The first kappa shape index (κ1) is 29.5. The van der Waals surface area contributed by atoms with Crippen molar-refractivity contribution in [2.24, 2.45) is 33.7 Å². The van der Waals surface area contributed by atoms with E-state index in [1.54, 1.807) is 0 Å². The number of carbonyl (C=O) groups excluding carboxylic acids is 4. The molecule has 0 aromatic heterocycles. The molecule has 3 atom stereocenters. The van der Waals surface area contributed by atoms with Crippen LogP contribution in [0.2, 0.25) is 0 Å². The minimum Gasteiger partial charge on any atom is -0.480 e. The molecule has 0 aromatic carbocycles. The van der Waals surface area contributed by atoms with Crippen molar-refractivity contribution in [3.8, 4) is 0 Å². The van der Waals surface area contributed by atoms with Crippen molar-refractivity contribution in [2.45, 2.75) is 56.7 Å². The molecule has 188 valence electrons. The number of amides is 4. The first-order valence-electron chi connectivity index (χ1n) is 10.4. The van der Waals surface area contributed by atoms with Crippen LogP contribution >= 0.6 is 0 Å². The van der Waals surface area contributed by atoms with Crippen molar-refractivity contribution in [1.29, 1.82) is 0 Å². The molecule has 4 amide bonds. The first-order valence-corrected chi connectivity index (χ1v) is 10.4. The second kappa shape index (κ2) is 16.2. The standard InChI is InChI=1S/C18H35N9O6/c19-6-2-1-4-10(20)15(30)27-12(8-13(21)28)16(31)25-9-14(29)26-11(17(32)33)5-3-7-24-18(22)23/h10-12H,1-9,19-20H2,(H2,21,28)(H,25,31)(H,26,29)(H,27,30)(H,32,33)(H4,22,23,24). The number of aliphatic carboxylic acids is 1. The minimum atomic E-state index is -1.35. The summed E-state index contributed by atoms with van der Waals surface area (Å²) in [6.07, 6.45) is 1.43. The summed E-state index contributed by atoms with van der Waals surface area (Å²) in [5.74, 6) is -4.58. The minimum absolute atomic E-state index is 0.0498. The highest BCUT2D eigenvalue weighted by Crippen LogP contribution is 2.01. The number of nitrogens with two attached hydrogens (primary N) is 5. The Kier molecular flexibility index (Phi) is 14.5. The number of rotatable bonds is 17. The van der Waals surface area contributed by atoms with Crippen molar-refractivity contribution in [3.05, 3.63) is 0 Å². The van der Waals surface area contributed by atoms with Gasteiger partial charge in [0.2, 0.25) is 23.6 Å². The number of hydrogen-bond donors (Lipinski definition) is 9. The number of carboxylic acid groups (broad SMARTS) is 1. The molecule has 0 heterocycles. The van der Waals surface area contributed by atoms with Gasteiger partial charge in [-0.2, -0.15) is 0 Å². The lowest BCUT2D eigenvalue weighted by molar-refractivity contribution is -0.142. The Morgan fingerprint density at radius 2 is 1.55 bits per heavy atom. The second-order valence-electron chi connectivity index (χ2n) is 7.25. The molecular weight excluding hydrogens is 438 g/mol. The van der Waals surface area contributed by atoms with Gasteiger partial charge in [-0.3, -0.25) is 24.2 Å². The van der Waals surface area contributed by atoms with Crippen LogP contribution in [-0.2, 0) is 24.0 Å². The number of hydrogen-bond acceptors (Lipinski definition) is 8. The van der Waals surface area contributed by atoms with Crippen LogP contribution in [0.4, 0.5) is 0 Å². The van der Waals surface area contributed by atoms with Gasteiger partial charge in [0.25, 0.3) is 0 Å². The molecule has 0 radical (unpaired) electrons. The largest absolute Gasteiger partial charge is 0.480 e. The lowest BCUT2D eigenvalue weighted by atomic mass is 10.1. The predicted octanol–water partition coefficient (Wildman–Crippen LogP) is -4.46. The van der Waals surface area contributed by atoms with Crippen LogP contribution < -0.4 is 44.6 Å². The lowest BCUT2D eigenvalue weighted by Gasteiger charge is -2.20. The van der Waals surface area contributed by atoms with Gasteiger partial charge in [-0.15, -0.1) is 0 Å². The quantitative estimate of drug-likeness (QED) is 0.0554. The van der Waals surface area contributed by atoms with Crippen LogP contribution in [0.1, 0.15) is 38.5 Å². The third kappa shape index (κ3) is 14.3. The number of unbranched alkanes of at least 4 members (excludes halogenated alkanes) is 1. The molecule has 0 aliphatic heterocycles. The third-order valence-corrected chi connectivity index (χ3v) is 4.35. The van der Waals surface area contributed by atoms with E-state index in [1.165, 1.54) is 0 Å². The Morgan fingerprint density at radius 3 is 2.09 bits per heavy atom. The van der Waals surface area contributed by atoms with Crippen molar-refractivity contribution in [2.75, 3.05) is 19.6 Å². The molecular formula is C18H35N9O6. The van der Waals surface area contributed by atoms with Gasteiger partial charge >= 0.3 is 5.97 Å². The molecule has 15 heteroatoms. The number of carboxylic acids is 1. The number of carbonyl (C=O) groups is 5. The molecule has 0 saturated carbocycles. The molecule has 0 spiro atoms. The number of nitrogens with zero attached hydrogens (tertiary/aromatic N) is 1. The summed E-state index contributed by atoms with van der Waals surface area (Å²) in [5.41, 5.74) is 26.6. The number of primary amides is 1. The average Bonchev–Trinajstić information content (AvgIpc) is 2.72. The van der Waals surface area contributed by atoms with E-state index < -0.39 is 60.7 Å². The summed E-state index contributed by atoms with van der Waals surface area (Å²) in [4.78, 5) is 62.9. The SMILES string of the molecule is NCCCCC(N)C(=O)NC(CC(N)=O)C(=O)NCC(=O)NC(CCCN=C(N)N)C(=O)O. The first-order chi connectivity index (χ1) is 15.5. The molecule has 33 heavy (non-hydrogen) atoms. The summed E-state index contributed by atoms with van der Waals surface area (Å²) >= 11 is 0. The van der Waals surface area contributed by atoms with Gasteiger partial charge in [0.1, 0.15) is 12.1 Å². The molecule has 0 bridgehead atoms. The Bertz CT molecular complexity index is 712. The monoisotopic (exact) mass is 473 g/mol. The Balaban J connectivity index is 4.77. The van der Waals surface area contributed by atoms with E-state index in [-0.39, 0.29) is 18.9 Å². The van der Waals surface area contributed by atoms with Crippen LogP contribution in [0.25, 0.3) is 0 Å². The fourth-order valence-corrected chi connectivity index (χ4v) is 2.63. The van der Waals surface area contributed by atoms with E-state index in [0.717, 1.165) is 0 Å². The van der Waals surface area contributed by atoms with Crippen molar-refractivity contribution < 1.29 is 29.1 Å². The summed E-state index contributed by atoms with van der Waals surface area (Å²) in [6.45, 7) is 0.0356. The summed E-state index contributed by atoms with van der Waals surface area (Å²) < 4.78 is 0. The van der Waals surface area contributed by atoms with Crippen LogP contribution in [0.5, 0.6) is 0 Å². The van der Waals surface area contributed by atoms with Crippen LogP contribution in [0, 0.1) is 0 Å². The molecule has 0 fully saturated rings. The number of guanidine groups is 1. The van der Waals surface area contributed by atoms with Gasteiger partial charge in [-0.05, 0) is 32.2 Å². The van der Waals surface area contributed by atoms with Crippen LogP contribution in [0.3, 0.4) is 0 Å². The summed E-state index contributed by atoms with van der Waals surface area (Å²) in [6, 6.07) is -3.49. The van der Waals surface area contributed by atoms with Crippen LogP contribution in [-0.4, -0.2) is 78.4 Å². The Hall–Kier alpha value is -3.46. The highest BCUT2D eigenvalue weighted by molar-refractivity contribution is 5.95. The fourth-order valence-electron chi connectivity index (χ4n) is 2.63. The van der Waals surface area contributed by atoms with Gasteiger partial charge in [0.15, 0.2) is 5.96 Å². The maximum Gasteiger partial charge on any atom is 0.326 e. The normalized spacial score (nSPS) is 13.2. The summed E-state index contributed by atoms with van der Waals surface area (Å²) in [5, 5.41) is 16.0. The Labute approximate surface area is 191 Å². The molecule has 0 rings (SSSR count). The van der Waals surface area contributed by atoms with E-state index in [9.17, 15) is 29.1 Å². The van der Waals surface area contributed by atoms with Gasteiger partial charge in [0.05, 0.1) is 19.0 Å². The van der Waals surface area contributed by atoms with Gasteiger partial charge in [0, 0.05) is 6.54 Å². The average molecular weight is 474 g/mol. The van der Waals surface area contributed by atoms with E-state index in [4.69, 9.17) is 28.7 Å². The highest BCUT2D eigenvalue weighted by atomic mass is 16.4. The van der Waals surface area contributed by atoms with Gasteiger partial charge in [-0.25, -0.2) is 4.79 Å². The topological polar surface area (TPSA) is 284 Å². The molecule has 0 aliphatic rings. The molecule has 0 aliphatic carbocycles. The maximum absolute atomic E-state index is 12.4. The highest BCUT2D eigenvalue weighted by Gasteiger charge is 2.26. The zero-order valence-corrected chi connectivity index (χ0v) is 18.4. The zero-order valence-electron chi connectivity index (χ0n) is 18.4. The number of nitrogens with one attached hydrogen (secondary N) is 3. The predicted molar refractivity (Wildman–Crippen MR) is 119 cm³/mol. The maximum atomic E-state index is 12.4. The van der Waals surface area contributed by atoms with Crippen LogP contribution in [0.15, 0.2) is 4.99 Å². The molecule has 3 unspecified atom stereocenters. The molecule has 14 N–H and O–H groups in total. The van der Waals surface area contributed by atoms with Gasteiger partial charge < -0.3 is 49.7 Å². The molecule has 0 aromatic rings. The van der Waals surface area contributed by atoms with E-state index in [1.807, 2.05) is 0 Å². The fraction of sp³-hybridized carbons (Fsp3) is 0.667. The lowest BCUT2D eigenvalue weighted by Crippen LogP contribution is -2.54. The van der Waals surface area contributed by atoms with E-state index in [0.29, 0.717) is 32.2 Å².